The van der Waals surface area contributed by atoms with Gasteiger partial charge in [0.25, 0.3) is 0 Å². The molecule has 196 valence electrons. The lowest BCUT2D eigenvalue weighted by atomic mass is 10.2. The van der Waals surface area contributed by atoms with Crippen LogP contribution in [0.25, 0.3) is 0 Å². The van der Waals surface area contributed by atoms with Crippen LogP contribution in [0.15, 0.2) is 48.5 Å². The average Bonchev–Trinajstić information content (AvgIpc) is 2.87. The van der Waals surface area contributed by atoms with Gasteiger partial charge in [0, 0.05) is 18.2 Å². The highest BCUT2D eigenvalue weighted by atomic mass is 79.9. The quantitative estimate of drug-likeness (QED) is 0.180. The molecular formula is C28H41BrO6. The second-order valence-electron chi connectivity index (χ2n) is 7.37. The molecule has 0 saturated heterocycles. The zero-order valence-electron chi connectivity index (χ0n) is 21.6. The Kier molecular flexibility index (Phi) is 20.4. The summed E-state index contributed by atoms with van der Waals surface area (Å²) in [6.07, 6.45) is 4.55. The summed E-state index contributed by atoms with van der Waals surface area (Å²) < 4.78 is 15.0. The van der Waals surface area contributed by atoms with Gasteiger partial charge in [-0.3, -0.25) is 9.59 Å². The summed E-state index contributed by atoms with van der Waals surface area (Å²) in [5, 5.41) is 9.72. The van der Waals surface area contributed by atoms with Crippen LogP contribution in [0.2, 0.25) is 0 Å². The maximum Gasteiger partial charge on any atom is 0.305 e. The number of carbonyl (C=O) groups excluding carboxylic acids is 2. The lowest BCUT2D eigenvalue weighted by Crippen LogP contribution is -2.06. The van der Waals surface area contributed by atoms with Crippen LogP contribution in [0, 0.1) is 0 Å². The third-order valence-electron chi connectivity index (χ3n) is 4.60. The lowest BCUT2D eigenvalue weighted by molar-refractivity contribution is -0.144. The summed E-state index contributed by atoms with van der Waals surface area (Å²) >= 11 is 3.22. The van der Waals surface area contributed by atoms with Gasteiger partial charge in [-0.25, -0.2) is 0 Å². The Bertz CT molecular complexity index is 790. The predicted molar refractivity (Wildman–Crippen MR) is 144 cm³/mol. The van der Waals surface area contributed by atoms with Gasteiger partial charge < -0.3 is 19.3 Å². The monoisotopic (exact) mass is 552 g/mol. The van der Waals surface area contributed by atoms with Gasteiger partial charge >= 0.3 is 11.9 Å². The Morgan fingerprint density at radius 1 is 0.743 bits per heavy atom. The zero-order chi connectivity index (χ0) is 26.3. The minimum absolute atomic E-state index is 0.100. The van der Waals surface area contributed by atoms with E-state index in [1.807, 2.05) is 38.1 Å². The second kappa shape index (κ2) is 22.0. The van der Waals surface area contributed by atoms with E-state index in [9.17, 15) is 9.59 Å². The minimum atomic E-state index is -0.155. The molecule has 0 fully saturated rings. The number of rotatable bonds is 12. The van der Waals surface area contributed by atoms with Crippen molar-refractivity contribution in [3.05, 3.63) is 59.7 Å². The molecule has 0 amide bonds. The zero-order valence-corrected chi connectivity index (χ0v) is 23.1. The molecule has 35 heavy (non-hydrogen) atoms. The lowest BCUT2D eigenvalue weighted by Gasteiger charge is -2.06. The molecule has 2 aromatic rings. The molecule has 7 heteroatoms. The van der Waals surface area contributed by atoms with Crippen LogP contribution < -0.4 is 4.74 Å². The van der Waals surface area contributed by atoms with Crippen LogP contribution >= 0.6 is 15.9 Å². The SMILES string of the molecule is CCOC(=O)CCCBr.CCOC(=O)CCCOc1ccc(CC)cc1.CCc1ccc(O)cc1. The number of ether oxygens (including phenoxy) is 3. The van der Waals surface area contributed by atoms with E-state index in [4.69, 9.17) is 14.6 Å². The molecule has 0 radical (unpaired) electrons. The highest BCUT2D eigenvalue weighted by Gasteiger charge is 2.01. The first-order chi connectivity index (χ1) is 16.9. The van der Waals surface area contributed by atoms with E-state index in [0.29, 0.717) is 44.8 Å². The van der Waals surface area contributed by atoms with Crippen molar-refractivity contribution in [2.45, 2.75) is 66.2 Å². The number of esters is 2. The average molecular weight is 554 g/mol. The summed E-state index contributed by atoms with van der Waals surface area (Å²) in [5.41, 5.74) is 2.55. The number of alkyl halides is 1. The summed E-state index contributed by atoms with van der Waals surface area (Å²) in [4.78, 5) is 21.6. The fraction of sp³-hybridized carbons (Fsp3) is 0.500. The number of carbonyl (C=O) groups is 2. The first-order valence-electron chi connectivity index (χ1n) is 12.3. The van der Waals surface area contributed by atoms with E-state index in [-0.39, 0.29) is 11.9 Å². The third kappa shape index (κ3) is 18.5. The van der Waals surface area contributed by atoms with E-state index in [0.717, 1.165) is 30.3 Å². The Labute approximate surface area is 219 Å². The number of hydrogen-bond donors (Lipinski definition) is 1. The first-order valence-corrected chi connectivity index (χ1v) is 13.4. The molecule has 6 nitrogen and oxygen atoms in total. The number of phenols is 1. The normalized spacial score (nSPS) is 9.63. The molecular weight excluding hydrogens is 512 g/mol. The van der Waals surface area contributed by atoms with Crippen molar-refractivity contribution in [1.82, 2.24) is 0 Å². The number of aryl methyl sites for hydroxylation is 2. The van der Waals surface area contributed by atoms with E-state index in [1.165, 1.54) is 11.1 Å². The Hall–Kier alpha value is -2.54. The molecule has 0 spiro atoms. The predicted octanol–water partition coefficient (Wildman–Crippen LogP) is 6.65. The van der Waals surface area contributed by atoms with Crippen molar-refractivity contribution < 1.29 is 28.9 Å². The van der Waals surface area contributed by atoms with Crippen molar-refractivity contribution in [2.24, 2.45) is 0 Å². The summed E-state index contributed by atoms with van der Waals surface area (Å²) in [6, 6.07) is 15.3. The molecule has 0 atom stereocenters. The summed E-state index contributed by atoms with van der Waals surface area (Å²) in [7, 11) is 0. The Morgan fingerprint density at radius 3 is 1.63 bits per heavy atom. The van der Waals surface area contributed by atoms with Crippen molar-refractivity contribution in [2.75, 3.05) is 25.2 Å². The van der Waals surface area contributed by atoms with Gasteiger partial charge in [-0.2, -0.15) is 0 Å². The van der Waals surface area contributed by atoms with Crippen molar-refractivity contribution in [1.29, 1.82) is 0 Å². The molecule has 0 aromatic heterocycles. The van der Waals surface area contributed by atoms with Gasteiger partial charge in [-0.05, 0) is 74.9 Å². The second-order valence-corrected chi connectivity index (χ2v) is 8.17. The fourth-order valence-electron chi connectivity index (χ4n) is 2.64. The summed E-state index contributed by atoms with van der Waals surface area (Å²) in [5.74, 6) is 0.938. The van der Waals surface area contributed by atoms with Crippen molar-refractivity contribution in [3.63, 3.8) is 0 Å². The van der Waals surface area contributed by atoms with Crippen molar-refractivity contribution in [3.8, 4) is 11.5 Å². The molecule has 0 unspecified atom stereocenters. The molecule has 2 rings (SSSR count). The number of benzene rings is 2. The van der Waals surface area contributed by atoms with Gasteiger partial charge in [0.05, 0.1) is 19.8 Å². The minimum Gasteiger partial charge on any atom is -0.508 e. The van der Waals surface area contributed by atoms with E-state index < -0.39 is 0 Å². The van der Waals surface area contributed by atoms with Gasteiger partial charge in [-0.1, -0.05) is 54.0 Å². The maximum absolute atomic E-state index is 11.1. The molecule has 0 bridgehead atoms. The number of aromatic hydroxyl groups is 1. The van der Waals surface area contributed by atoms with E-state index in [2.05, 4.69) is 46.6 Å². The highest BCUT2D eigenvalue weighted by Crippen LogP contribution is 2.13. The molecule has 0 heterocycles. The van der Waals surface area contributed by atoms with Gasteiger partial charge in [0.15, 0.2) is 0 Å². The van der Waals surface area contributed by atoms with Gasteiger partial charge in [0.2, 0.25) is 0 Å². The number of phenolic OH excluding ortho intramolecular Hbond substituents is 1. The summed E-state index contributed by atoms with van der Waals surface area (Å²) in [6.45, 7) is 9.31. The standard InChI is InChI=1S/C14H20O3.C8H10O.C6H11BrO2/c1-3-12-7-9-13(10-8-12)17-11-5-6-14(15)16-4-2;1-2-7-3-5-8(9)6-4-7;1-2-9-6(8)4-3-5-7/h7-10H,3-6,11H2,1-2H3;3-6,9H,2H2,1H3;2-5H2,1H3. The van der Waals surface area contributed by atoms with Crippen LogP contribution in [0.4, 0.5) is 0 Å². The van der Waals surface area contributed by atoms with Gasteiger partial charge in [0.1, 0.15) is 11.5 Å². The number of halogens is 1. The molecule has 0 aliphatic rings. The highest BCUT2D eigenvalue weighted by molar-refractivity contribution is 9.09. The van der Waals surface area contributed by atoms with Crippen LogP contribution in [-0.2, 0) is 31.9 Å². The molecule has 0 saturated carbocycles. The molecule has 0 aliphatic carbocycles. The fourth-order valence-corrected chi connectivity index (χ4v) is 2.92. The third-order valence-corrected chi connectivity index (χ3v) is 5.16. The Morgan fingerprint density at radius 2 is 1.20 bits per heavy atom. The smallest absolute Gasteiger partial charge is 0.305 e. The van der Waals surface area contributed by atoms with Crippen LogP contribution in [0.5, 0.6) is 11.5 Å². The topological polar surface area (TPSA) is 82.1 Å². The molecule has 0 aliphatic heterocycles. The van der Waals surface area contributed by atoms with Crippen LogP contribution in [-0.4, -0.2) is 42.2 Å². The van der Waals surface area contributed by atoms with Gasteiger partial charge in [-0.15, -0.1) is 0 Å². The van der Waals surface area contributed by atoms with Crippen molar-refractivity contribution >= 4 is 27.9 Å². The molecule has 2 aromatic carbocycles. The first kappa shape index (κ1) is 32.5. The van der Waals surface area contributed by atoms with E-state index in [1.54, 1.807) is 12.1 Å². The molecule has 1 N–H and O–H groups in total. The Balaban J connectivity index is 0.000000543. The van der Waals surface area contributed by atoms with E-state index >= 15 is 0 Å². The largest absolute Gasteiger partial charge is 0.508 e. The van der Waals surface area contributed by atoms with Crippen LogP contribution in [0.1, 0.15) is 64.5 Å². The number of hydrogen-bond acceptors (Lipinski definition) is 6. The van der Waals surface area contributed by atoms with Crippen LogP contribution in [0.3, 0.4) is 0 Å². The maximum atomic E-state index is 11.1.